The lowest BCUT2D eigenvalue weighted by Crippen LogP contribution is -2.09. The number of rotatable bonds is 6. The molecule has 1 amide bonds. The van der Waals surface area contributed by atoms with Gasteiger partial charge in [-0.05, 0) is 13.8 Å². The van der Waals surface area contributed by atoms with Gasteiger partial charge in [0.05, 0.1) is 29.3 Å². The number of oxazole rings is 1. The first-order valence-electron chi connectivity index (χ1n) is 7.69. The van der Waals surface area contributed by atoms with Gasteiger partial charge >= 0.3 is 0 Å². The Labute approximate surface area is 154 Å². The summed E-state index contributed by atoms with van der Waals surface area (Å²) in [6, 6.07) is 0. The van der Waals surface area contributed by atoms with Crippen LogP contribution < -0.4 is 5.32 Å². The van der Waals surface area contributed by atoms with Crippen LogP contribution in [0.2, 0.25) is 0 Å². The Bertz CT molecular complexity index is 690. The summed E-state index contributed by atoms with van der Waals surface area (Å²) in [6.45, 7) is 10.1. The molecule has 7 nitrogen and oxygen atoms in total. The van der Waals surface area contributed by atoms with Gasteiger partial charge in [0.1, 0.15) is 15.7 Å². The Hall–Kier alpha value is -1.58. The van der Waals surface area contributed by atoms with Crippen molar-refractivity contribution in [3.8, 4) is 0 Å². The zero-order chi connectivity index (χ0) is 19.0. The molecule has 2 heterocycles. The van der Waals surface area contributed by atoms with E-state index < -0.39 is 10.8 Å². The van der Waals surface area contributed by atoms with E-state index >= 15 is 0 Å². The number of ether oxygens (including phenoxy) is 1. The van der Waals surface area contributed by atoms with E-state index in [1.165, 1.54) is 17.5 Å². The Morgan fingerprint density at radius 2 is 2.00 bits per heavy atom. The summed E-state index contributed by atoms with van der Waals surface area (Å²) in [5.74, 6) is 1.39. The largest absolute Gasteiger partial charge is 0.444 e. The maximum atomic E-state index is 12.2. The summed E-state index contributed by atoms with van der Waals surface area (Å²) in [7, 11) is 0.412. The van der Waals surface area contributed by atoms with Crippen molar-refractivity contribution in [1.82, 2.24) is 9.97 Å². The molecular formula is C16H25N3O4S2. The third kappa shape index (κ3) is 7.45. The third-order valence-electron chi connectivity index (χ3n) is 2.91. The molecule has 0 spiro atoms. The fraction of sp³-hybridized carbons (Fsp3) is 0.562. The van der Waals surface area contributed by atoms with Crippen LogP contribution in [0.3, 0.4) is 0 Å². The van der Waals surface area contributed by atoms with Crippen molar-refractivity contribution in [2.75, 3.05) is 12.4 Å². The SMILES string of the molecule is CC(C)(C)c1cnc(CS(=O)c2cnc(NC=O)s2)o1.COC(C)C. The molecule has 0 aliphatic heterocycles. The van der Waals surface area contributed by atoms with Crippen LogP contribution in [0.4, 0.5) is 5.13 Å². The van der Waals surface area contributed by atoms with Gasteiger partial charge in [-0.15, -0.1) is 0 Å². The Morgan fingerprint density at radius 3 is 2.48 bits per heavy atom. The number of nitrogens with zero attached hydrogens (tertiary/aromatic N) is 2. The molecule has 0 aliphatic rings. The molecule has 2 rings (SSSR count). The predicted molar refractivity (Wildman–Crippen MR) is 99.3 cm³/mol. The quantitative estimate of drug-likeness (QED) is 0.764. The predicted octanol–water partition coefficient (Wildman–Crippen LogP) is 3.35. The van der Waals surface area contributed by atoms with Gasteiger partial charge in [0.25, 0.3) is 0 Å². The van der Waals surface area contributed by atoms with Crippen molar-refractivity contribution in [1.29, 1.82) is 0 Å². The van der Waals surface area contributed by atoms with Crippen molar-refractivity contribution in [3.63, 3.8) is 0 Å². The standard InChI is InChI=1S/C12H15N3O3S2.C4H10O/c1-12(2,3)8-4-13-9(18-8)6-20(17)10-5-14-11(19-10)15-7-16;1-4(2)5-3/h4-5,7H,6H2,1-3H3,(H,14,15,16);4H,1-3H3. The first-order valence-corrected chi connectivity index (χ1v) is 9.83. The number of methoxy groups -OCH3 is 1. The Morgan fingerprint density at radius 1 is 1.36 bits per heavy atom. The molecule has 0 saturated heterocycles. The van der Waals surface area contributed by atoms with Gasteiger partial charge in [-0.25, -0.2) is 9.97 Å². The molecule has 0 aromatic carbocycles. The molecular weight excluding hydrogens is 362 g/mol. The molecule has 0 saturated carbocycles. The van der Waals surface area contributed by atoms with Crippen LogP contribution in [0, 0.1) is 0 Å². The van der Waals surface area contributed by atoms with Gasteiger partial charge in [0.2, 0.25) is 12.3 Å². The normalized spacial score (nSPS) is 12.4. The Balaban J connectivity index is 0.000000550. The lowest BCUT2D eigenvalue weighted by atomic mass is 9.94. The maximum Gasteiger partial charge on any atom is 0.213 e. The van der Waals surface area contributed by atoms with Crippen molar-refractivity contribution in [3.05, 3.63) is 24.0 Å². The molecule has 0 fully saturated rings. The van der Waals surface area contributed by atoms with Crippen molar-refractivity contribution < 1.29 is 18.2 Å². The molecule has 1 unspecified atom stereocenters. The molecule has 1 N–H and O–H groups in total. The third-order valence-corrected chi connectivity index (χ3v) is 5.50. The molecule has 0 aliphatic carbocycles. The molecule has 25 heavy (non-hydrogen) atoms. The molecule has 9 heteroatoms. The van der Waals surface area contributed by atoms with Gasteiger partial charge in [0.15, 0.2) is 5.13 Å². The topological polar surface area (TPSA) is 94.3 Å². The minimum Gasteiger partial charge on any atom is -0.444 e. The average molecular weight is 388 g/mol. The summed E-state index contributed by atoms with van der Waals surface area (Å²) in [6.07, 6.45) is 4.07. The number of aromatic nitrogens is 2. The van der Waals surface area contributed by atoms with Gasteiger partial charge < -0.3 is 14.5 Å². The van der Waals surface area contributed by atoms with Crippen molar-refractivity contribution in [2.45, 2.75) is 56.1 Å². The zero-order valence-electron chi connectivity index (χ0n) is 15.4. The van der Waals surface area contributed by atoms with Gasteiger partial charge in [-0.1, -0.05) is 32.1 Å². The van der Waals surface area contributed by atoms with Gasteiger partial charge in [-0.3, -0.25) is 9.00 Å². The van der Waals surface area contributed by atoms with Gasteiger partial charge in [0, 0.05) is 12.5 Å². The van der Waals surface area contributed by atoms with Crippen LogP contribution in [0.5, 0.6) is 0 Å². The fourth-order valence-electron chi connectivity index (χ4n) is 1.39. The molecule has 0 bridgehead atoms. The number of carbonyl (C=O) groups excluding carboxylic acids is 1. The van der Waals surface area contributed by atoms with Gasteiger partial charge in [-0.2, -0.15) is 0 Å². The summed E-state index contributed by atoms with van der Waals surface area (Å²) >= 11 is 1.17. The molecule has 2 aromatic heterocycles. The second-order valence-corrected chi connectivity index (χ2v) is 9.10. The molecule has 2 aromatic rings. The molecule has 0 radical (unpaired) electrons. The number of hydrogen-bond acceptors (Lipinski definition) is 7. The smallest absolute Gasteiger partial charge is 0.213 e. The molecule has 140 valence electrons. The van der Waals surface area contributed by atoms with E-state index in [0.717, 1.165) is 5.76 Å². The first kappa shape index (κ1) is 21.5. The zero-order valence-corrected chi connectivity index (χ0v) is 17.0. The number of hydrogen-bond donors (Lipinski definition) is 1. The van der Waals surface area contributed by atoms with E-state index in [-0.39, 0.29) is 11.2 Å². The van der Waals surface area contributed by atoms with Crippen molar-refractivity contribution in [2.24, 2.45) is 0 Å². The van der Waals surface area contributed by atoms with E-state index in [1.807, 2.05) is 34.6 Å². The van der Waals surface area contributed by atoms with E-state index in [1.54, 1.807) is 13.3 Å². The highest BCUT2D eigenvalue weighted by molar-refractivity contribution is 7.86. The van der Waals surface area contributed by atoms with E-state index in [4.69, 9.17) is 9.15 Å². The highest BCUT2D eigenvalue weighted by Gasteiger charge is 2.20. The lowest BCUT2D eigenvalue weighted by Gasteiger charge is -2.12. The van der Waals surface area contributed by atoms with Crippen LogP contribution in [0.25, 0.3) is 0 Å². The maximum absolute atomic E-state index is 12.2. The average Bonchev–Trinajstić information content (AvgIpc) is 3.17. The minimum atomic E-state index is -1.29. The Kier molecular flexibility index (Phi) is 8.40. The summed E-state index contributed by atoms with van der Waals surface area (Å²) in [5.41, 5.74) is -0.127. The number of nitrogens with one attached hydrogen (secondary N) is 1. The monoisotopic (exact) mass is 387 g/mol. The molecule has 1 atom stereocenters. The second-order valence-electron chi connectivity index (χ2n) is 6.39. The minimum absolute atomic E-state index is 0.127. The fourth-order valence-corrected chi connectivity index (χ4v) is 3.35. The van der Waals surface area contributed by atoms with Crippen LogP contribution in [-0.2, 0) is 31.5 Å². The van der Waals surface area contributed by atoms with Crippen LogP contribution in [-0.4, -0.2) is 33.8 Å². The highest BCUT2D eigenvalue weighted by atomic mass is 32.2. The van der Waals surface area contributed by atoms with Crippen LogP contribution >= 0.6 is 11.3 Å². The number of anilines is 1. The first-order chi connectivity index (χ1) is 11.7. The second kappa shape index (κ2) is 9.79. The number of carbonyl (C=O) groups is 1. The summed E-state index contributed by atoms with van der Waals surface area (Å²) < 4.78 is 23.1. The number of thiazole rings is 1. The summed E-state index contributed by atoms with van der Waals surface area (Å²) in [4.78, 5) is 18.4. The van der Waals surface area contributed by atoms with E-state index in [2.05, 4.69) is 15.3 Å². The highest BCUT2D eigenvalue weighted by Crippen LogP contribution is 2.25. The van der Waals surface area contributed by atoms with Crippen LogP contribution in [0.15, 0.2) is 21.0 Å². The summed E-state index contributed by atoms with van der Waals surface area (Å²) in [5, 5.41) is 2.85. The lowest BCUT2D eigenvalue weighted by molar-refractivity contribution is -0.105. The van der Waals surface area contributed by atoms with E-state index in [0.29, 0.717) is 27.7 Å². The van der Waals surface area contributed by atoms with E-state index in [9.17, 15) is 9.00 Å². The van der Waals surface area contributed by atoms with Crippen molar-refractivity contribution >= 4 is 33.7 Å². The number of amides is 1. The van der Waals surface area contributed by atoms with Crippen LogP contribution in [0.1, 0.15) is 46.3 Å².